The van der Waals surface area contributed by atoms with Gasteiger partial charge in [0, 0.05) is 30.1 Å². The summed E-state index contributed by atoms with van der Waals surface area (Å²) >= 11 is 7.49. The molecule has 2 aromatic carbocycles. The summed E-state index contributed by atoms with van der Waals surface area (Å²) < 4.78 is 10.6. The summed E-state index contributed by atoms with van der Waals surface area (Å²) in [7, 11) is 3.17. The first-order valence-electron chi connectivity index (χ1n) is 10.3. The number of hydrogen-bond donors (Lipinski definition) is 1. The number of nitrogens with zero attached hydrogens (tertiary/aromatic N) is 3. The first-order chi connectivity index (χ1) is 15.9. The standard InChI is InChI=1S/C23H23ClN4O4S/c1-13-4-6-16(11-17(13)24)28-12-15(10-21(28)29)22(30)25-23-27-26-20(33-23)9-14-5-7-18(31-2)19(8-14)32-3/h4-8,11,15H,9-10,12H2,1-3H3,(H,25,27,30)/t15-/m0/s1. The van der Waals surface area contributed by atoms with Crippen molar-refractivity contribution in [2.24, 2.45) is 5.92 Å². The number of halogens is 1. The van der Waals surface area contributed by atoms with Crippen molar-refractivity contribution in [3.05, 3.63) is 57.6 Å². The highest BCUT2D eigenvalue weighted by Crippen LogP contribution is 2.31. The summed E-state index contributed by atoms with van der Waals surface area (Å²) in [5.41, 5.74) is 2.61. The molecule has 3 aromatic rings. The summed E-state index contributed by atoms with van der Waals surface area (Å²) in [5, 5.41) is 12.8. The molecule has 1 aliphatic heterocycles. The summed E-state index contributed by atoms with van der Waals surface area (Å²) in [6, 6.07) is 11.1. The molecule has 0 aliphatic carbocycles. The van der Waals surface area contributed by atoms with Gasteiger partial charge >= 0.3 is 0 Å². The van der Waals surface area contributed by atoms with Crippen molar-refractivity contribution in [1.82, 2.24) is 10.2 Å². The number of hydrogen-bond acceptors (Lipinski definition) is 7. The van der Waals surface area contributed by atoms with Crippen molar-refractivity contribution in [1.29, 1.82) is 0 Å². The Morgan fingerprint density at radius 3 is 2.70 bits per heavy atom. The molecule has 1 saturated heterocycles. The van der Waals surface area contributed by atoms with Crippen LogP contribution in [0, 0.1) is 12.8 Å². The highest BCUT2D eigenvalue weighted by atomic mass is 35.5. The summed E-state index contributed by atoms with van der Waals surface area (Å²) in [4.78, 5) is 26.9. The number of anilines is 2. The molecule has 1 aromatic heterocycles. The molecule has 1 aliphatic rings. The molecule has 33 heavy (non-hydrogen) atoms. The molecule has 10 heteroatoms. The fraction of sp³-hybridized carbons (Fsp3) is 0.304. The van der Waals surface area contributed by atoms with Crippen LogP contribution in [0.1, 0.15) is 22.6 Å². The third-order valence-electron chi connectivity index (χ3n) is 5.46. The maximum atomic E-state index is 12.8. The number of benzene rings is 2. The molecule has 4 rings (SSSR count). The van der Waals surface area contributed by atoms with Crippen LogP contribution in [0.25, 0.3) is 0 Å². The summed E-state index contributed by atoms with van der Waals surface area (Å²) in [6.45, 7) is 2.19. The van der Waals surface area contributed by atoms with E-state index in [-0.39, 0.29) is 18.2 Å². The Hall–Kier alpha value is -3.17. The molecule has 0 spiro atoms. The van der Waals surface area contributed by atoms with Crippen LogP contribution < -0.4 is 19.7 Å². The molecule has 1 N–H and O–H groups in total. The van der Waals surface area contributed by atoms with Gasteiger partial charge in [-0.15, -0.1) is 10.2 Å². The Labute approximate surface area is 200 Å². The van der Waals surface area contributed by atoms with Gasteiger partial charge in [0.05, 0.1) is 20.1 Å². The minimum absolute atomic E-state index is 0.110. The minimum atomic E-state index is -0.476. The second-order valence-corrected chi connectivity index (χ2v) is 9.16. The summed E-state index contributed by atoms with van der Waals surface area (Å²) in [5.74, 6) is 0.452. The number of aromatic nitrogens is 2. The van der Waals surface area contributed by atoms with Gasteiger partial charge in [0.2, 0.25) is 16.9 Å². The van der Waals surface area contributed by atoms with Crippen LogP contribution in [-0.4, -0.2) is 42.8 Å². The molecule has 2 amide bonds. The fourth-order valence-corrected chi connectivity index (χ4v) is 4.58. The first kappa shape index (κ1) is 23.0. The number of carbonyl (C=O) groups is 2. The van der Waals surface area contributed by atoms with E-state index in [4.69, 9.17) is 21.1 Å². The van der Waals surface area contributed by atoms with Gasteiger partial charge < -0.3 is 19.7 Å². The highest BCUT2D eigenvalue weighted by Gasteiger charge is 2.35. The Kier molecular flexibility index (Phi) is 6.80. The quantitative estimate of drug-likeness (QED) is 0.540. The molecule has 0 saturated carbocycles. The van der Waals surface area contributed by atoms with Crippen LogP contribution in [0.5, 0.6) is 11.5 Å². The molecular formula is C23H23ClN4O4S. The van der Waals surface area contributed by atoms with E-state index in [0.29, 0.717) is 40.3 Å². The van der Waals surface area contributed by atoms with E-state index in [1.807, 2.05) is 37.3 Å². The lowest BCUT2D eigenvalue weighted by Crippen LogP contribution is -2.28. The molecule has 2 heterocycles. The molecule has 8 nitrogen and oxygen atoms in total. The second-order valence-electron chi connectivity index (χ2n) is 7.70. The maximum absolute atomic E-state index is 12.8. The molecular weight excluding hydrogens is 464 g/mol. The van der Waals surface area contributed by atoms with Gasteiger partial charge in [0.1, 0.15) is 5.01 Å². The predicted octanol–water partition coefficient (Wildman–Crippen LogP) is 4.10. The topological polar surface area (TPSA) is 93.7 Å². The zero-order valence-corrected chi connectivity index (χ0v) is 20.0. The van der Waals surface area contributed by atoms with E-state index in [0.717, 1.165) is 16.1 Å². The third-order valence-corrected chi connectivity index (χ3v) is 6.71. The zero-order chi connectivity index (χ0) is 23.5. The van der Waals surface area contributed by atoms with Crippen LogP contribution in [0.3, 0.4) is 0 Å². The second kappa shape index (κ2) is 9.76. The zero-order valence-electron chi connectivity index (χ0n) is 18.4. The van der Waals surface area contributed by atoms with Crippen molar-refractivity contribution >= 4 is 45.6 Å². The average molecular weight is 487 g/mol. The lowest BCUT2D eigenvalue weighted by atomic mass is 10.1. The SMILES string of the molecule is COc1ccc(Cc2nnc(NC(=O)[C@H]3CC(=O)N(c4ccc(C)c(Cl)c4)C3)s2)cc1OC. The third kappa shape index (κ3) is 5.09. The predicted molar refractivity (Wildman–Crippen MR) is 128 cm³/mol. The fourth-order valence-electron chi connectivity index (χ4n) is 3.63. The van der Waals surface area contributed by atoms with E-state index >= 15 is 0 Å². The number of methoxy groups -OCH3 is 2. The van der Waals surface area contributed by atoms with Gasteiger partial charge in [-0.25, -0.2) is 0 Å². The van der Waals surface area contributed by atoms with E-state index in [1.54, 1.807) is 25.2 Å². The largest absolute Gasteiger partial charge is 0.493 e. The molecule has 1 atom stereocenters. The molecule has 1 fully saturated rings. The van der Waals surface area contributed by atoms with Gasteiger partial charge in [-0.1, -0.05) is 35.1 Å². The average Bonchev–Trinajstić information content (AvgIpc) is 3.41. The number of carbonyl (C=O) groups excluding carboxylic acids is 2. The van der Waals surface area contributed by atoms with Gasteiger partial charge in [0.15, 0.2) is 11.5 Å². The Balaban J connectivity index is 1.39. The van der Waals surface area contributed by atoms with Crippen molar-refractivity contribution in [2.45, 2.75) is 19.8 Å². The van der Waals surface area contributed by atoms with Crippen LogP contribution >= 0.6 is 22.9 Å². The lowest BCUT2D eigenvalue weighted by molar-refractivity contribution is -0.122. The molecule has 172 valence electrons. The van der Waals surface area contributed by atoms with Crippen molar-refractivity contribution in [3.8, 4) is 11.5 Å². The van der Waals surface area contributed by atoms with E-state index < -0.39 is 5.92 Å². The number of amides is 2. The molecule has 0 radical (unpaired) electrons. The minimum Gasteiger partial charge on any atom is -0.493 e. The van der Waals surface area contributed by atoms with E-state index in [2.05, 4.69) is 15.5 Å². The molecule has 0 unspecified atom stereocenters. The Bertz CT molecular complexity index is 1200. The lowest BCUT2D eigenvalue weighted by Gasteiger charge is -2.17. The van der Waals surface area contributed by atoms with E-state index in [1.165, 1.54) is 11.3 Å². The van der Waals surface area contributed by atoms with Gasteiger partial charge in [-0.3, -0.25) is 9.59 Å². The molecule has 0 bridgehead atoms. The van der Waals surface area contributed by atoms with Crippen LogP contribution in [0.15, 0.2) is 36.4 Å². The number of aryl methyl sites for hydroxylation is 1. The van der Waals surface area contributed by atoms with Crippen LogP contribution in [0.4, 0.5) is 10.8 Å². The maximum Gasteiger partial charge on any atom is 0.231 e. The van der Waals surface area contributed by atoms with Gasteiger partial charge in [-0.05, 0) is 42.3 Å². The van der Waals surface area contributed by atoms with Crippen molar-refractivity contribution in [3.63, 3.8) is 0 Å². The van der Waals surface area contributed by atoms with Crippen LogP contribution in [-0.2, 0) is 16.0 Å². The van der Waals surface area contributed by atoms with E-state index in [9.17, 15) is 9.59 Å². The van der Waals surface area contributed by atoms with Gasteiger partial charge in [0.25, 0.3) is 0 Å². The number of rotatable bonds is 7. The smallest absolute Gasteiger partial charge is 0.231 e. The normalized spacial score (nSPS) is 15.6. The van der Waals surface area contributed by atoms with Crippen LogP contribution in [0.2, 0.25) is 5.02 Å². The van der Waals surface area contributed by atoms with Crippen molar-refractivity contribution < 1.29 is 19.1 Å². The van der Waals surface area contributed by atoms with Crippen molar-refractivity contribution in [2.75, 3.05) is 31.0 Å². The summed E-state index contributed by atoms with van der Waals surface area (Å²) in [6.07, 6.45) is 0.673. The first-order valence-corrected chi connectivity index (χ1v) is 11.5. The monoisotopic (exact) mass is 486 g/mol. The Morgan fingerprint density at radius 2 is 1.97 bits per heavy atom. The van der Waals surface area contributed by atoms with Gasteiger partial charge in [-0.2, -0.15) is 0 Å². The number of nitrogens with one attached hydrogen (secondary N) is 1. The Morgan fingerprint density at radius 1 is 1.18 bits per heavy atom. The highest BCUT2D eigenvalue weighted by molar-refractivity contribution is 7.15. The number of ether oxygens (including phenoxy) is 2.